The van der Waals surface area contributed by atoms with Crippen LogP contribution in [-0.4, -0.2) is 12.5 Å². The van der Waals surface area contributed by atoms with Crippen molar-refractivity contribution in [2.45, 2.75) is 20.5 Å². The number of hydrogen-bond donors (Lipinski definition) is 1. The monoisotopic (exact) mass is 397 g/mol. The first-order valence-electron chi connectivity index (χ1n) is 9.18. The summed E-state index contributed by atoms with van der Waals surface area (Å²) in [6.45, 7) is 4.47. The highest BCUT2D eigenvalue weighted by Crippen LogP contribution is 2.25. The lowest BCUT2D eigenvalue weighted by Crippen LogP contribution is -2.14. The number of benzene rings is 3. The molecule has 0 heterocycles. The second-order valence-electron chi connectivity index (χ2n) is 6.39. The van der Waals surface area contributed by atoms with Crippen molar-refractivity contribution in [1.82, 2.24) is 0 Å². The number of para-hydroxylation sites is 1. The number of rotatable bonds is 7. The third kappa shape index (κ3) is 5.10. The molecule has 0 spiro atoms. The summed E-state index contributed by atoms with van der Waals surface area (Å²) in [4.78, 5) is 12.5. The molecule has 6 heteroatoms. The molecule has 4 nitrogen and oxygen atoms in total. The van der Waals surface area contributed by atoms with Crippen molar-refractivity contribution >= 4 is 11.6 Å². The molecule has 0 aromatic heterocycles. The van der Waals surface area contributed by atoms with E-state index in [1.165, 1.54) is 6.07 Å². The number of halogens is 2. The van der Waals surface area contributed by atoms with E-state index in [1.54, 1.807) is 18.2 Å². The second kappa shape index (κ2) is 9.19. The molecule has 3 rings (SSSR count). The van der Waals surface area contributed by atoms with Gasteiger partial charge in [0.25, 0.3) is 5.91 Å². The van der Waals surface area contributed by atoms with E-state index in [-0.39, 0.29) is 12.3 Å². The molecule has 0 fully saturated rings. The molecule has 0 radical (unpaired) electrons. The number of carbonyl (C=O) groups is 1. The van der Waals surface area contributed by atoms with Gasteiger partial charge in [-0.1, -0.05) is 18.2 Å². The van der Waals surface area contributed by atoms with Crippen LogP contribution in [0.3, 0.4) is 0 Å². The van der Waals surface area contributed by atoms with Gasteiger partial charge in [-0.3, -0.25) is 4.79 Å². The normalized spacial score (nSPS) is 10.5. The van der Waals surface area contributed by atoms with Crippen LogP contribution in [0.1, 0.15) is 28.4 Å². The van der Waals surface area contributed by atoms with Gasteiger partial charge in [0.15, 0.2) is 0 Å². The van der Waals surface area contributed by atoms with Crippen molar-refractivity contribution < 1.29 is 23.0 Å². The Morgan fingerprint density at radius 1 is 0.966 bits per heavy atom. The smallest absolute Gasteiger partial charge is 0.255 e. The molecular formula is C23H21F2NO3. The average Bonchev–Trinajstić information content (AvgIpc) is 2.70. The Labute approximate surface area is 168 Å². The van der Waals surface area contributed by atoms with Crippen LogP contribution >= 0.6 is 0 Å². The maximum atomic E-state index is 13.8. The average molecular weight is 397 g/mol. The van der Waals surface area contributed by atoms with Gasteiger partial charge in [-0.15, -0.1) is 0 Å². The van der Waals surface area contributed by atoms with Gasteiger partial charge in [-0.2, -0.15) is 0 Å². The van der Waals surface area contributed by atoms with E-state index in [1.807, 2.05) is 38.1 Å². The maximum absolute atomic E-state index is 13.8. The Kier molecular flexibility index (Phi) is 6.44. The Hall–Kier alpha value is -3.41. The minimum atomic E-state index is -0.840. The Morgan fingerprint density at radius 3 is 2.48 bits per heavy atom. The molecule has 0 bridgehead atoms. The maximum Gasteiger partial charge on any atom is 0.255 e. The molecular weight excluding hydrogens is 376 g/mol. The molecule has 29 heavy (non-hydrogen) atoms. The summed E-state index contributed by atoms with van der Waals surface area (Å²) in [5.74, 6) is -0.732. The number of amides is 1. The summed E-state index contributed by atoms with van der Waals surface area (Å²) >= 11 is 0. The quantitative estimate of drug-likeness (QED) is 0.572. The lowest BCUT2D eigenvalue weighted by Gasteiger charge is -2.14. The molecule has 150 valence electrons. The molecule has 3 aromatic rings. The molecule has 1 N–H and O–H groups in total. The van der Waals surface area contributed by atoms with Crippen LogP contribution in [0.2, 0.25) is 0 Å². The first-order valence-corrected chi connectivity index (χ1v) is 9.18. The molecule has 0 saturated heterocycles. The number of aryl methyl sites for hydroxylation is 1. The molecule has 0 aliphatic heterocycles. The highest BCUT2D eigenvalue weighted by atomic mass is 19.1. The van der Waals surface area contributed by atoms with Gasteiger partial charge in [0, 0.05) is 17.2 Å². The summed E-state index contributed by atoms with van der Waals surface area (Å²) in [5, 5.41) is 2.45. The first-order chi connectivity index (χ1) is 14.0. The van der Waals surface area contributed by atoms with Gasteiger partial charge in [0.1, 0.15) is 29.7 Å². The highest BCUT2D eigenvalue weighted by molar-refractivity contribution is 6.04. The fourth-order valence-electron chi connectivity index (χ4n) is 2.79. The van der Waals surface area contributed by atoms with E-state index < -0.39 is 17.5 Å². The predicted molar refractivity (Wildman–Crippen MR) is 107 cm³/mol. The highest BCUT2D eigenvalue weighted by Gasteiger charge is 2.14. The molecule has 0 aliphatic carbocycles. The third-order valence-electron chi connectivity index (χ3n) is 4.28. The fourth-order valence-corrected chi connectivity index (χ4v) is 2.79. The van der Waals surface area contributed by atoms with Crippen molar-refractivity contribution in [3.8, 4) is 11.5 Å². The van der Waals surface area contributed by atoms with Gasteiger partial charge >= 0.3 is 0 Å². The summed E-state index contributed by atoms with van der Waals surface area (Å²) in [6.07, 6.45) is 0. The third-order valence-corrected chi connectivity index (χ3v) is 4.28. The molecule has 1 amide bonds. The van der Waals surface area contributed by atoms with Gasteiger partial charge in [-0.05, 0) is 55.8 Å². The minimum Gasteiger partial charge on any atom is -0.493 e. The fraction of sp³-hybridized carbons (Fsp3) is 0.174. The van der Waals surface area contributed by atoms with Crippen LogP contribution in [0, 0.1) is 18.6 Å². The number of ether oxygens (including phenoxy) is 2. The Bertz CT molecular complexity index is 1020. The van der Waals surface area contributed by atoms with Crippen LogP contribution in [0.25, 0.3) is 0 Å². The summed E-state index contributed by atoms with van der Waals surface area (Å²) in [5.41, 5.74) is 1.89. The van der Waals surface area contributed by atoms with Crippen LogP contribution in [0.5, 0.6) is 11.5 Å². The minimum absolute atomic E-state index is 0.0944. The topological polar surface area (TPSA) is 47.6 Å². The molecule has 0 unspecified atom stereocenters. The summed E-state index contributed by atoms with van der Waals surface area (Å²) < 4.78 is 38.4. The van der Waals surface area contributed by atoms with Crippen molar-refractivity contribution in [3.63, 3.8) is 0 Å². The largest absolute Gasteiger partial charge is 0.493 e. The van der Waals surface area contributed by atoms with E-state index in [2.05, 4.69) is 5.32 Å². The lowest BCUT2D eigenvalue weighted by atomic mass is 10.1. The zero-order chi connectivity index (χ0) is 20.8. The van der Waals surface area contributed by atoms with E-state index in [0.29, 0.717) is 23.5 Å². The first kappa shape index (κ1) is 20.3. The Balaban J connectivity index is 1.81. The van der Waals surface area contributed by atoms with E-state index >= 15 is 0 Å². The lowest BCUT2D eigenvalue weighted by molar-refractivity contribution is 0.102. The van der Waals surface area contributed by atoms with Crippen molar-refractivity contribution in [1.29, 1.82) is 0 Å². The van der Waals surface area contributed by atoms with Gasteiger partial charge in [0.05, 0.1) is 12.3 Å². The van der Waals surface area contributed by atoms with Crippen molar-refractivity contribution in [3.05, 3.63) is 89.0 Å². The molecule has 0 saturated carbocycles. The standard InChI is InChI=1S/C23H21F2NO3/c1-3-28-22-11-8-16(23(27)26-20-10-9-18(24)13-19(20)25)12-17(22)14-29-21-7-5-4-6-15(21)2/h4-13H,3,14H2,1-2H3,(H,26,27). The number of carbonyl (C=O) groups excluding carboxylic acids is 1. The van der Waals surface area contributed by atoms with E-state index in [0.717, 1.165) is 23.4 Å². The van der Waals surface area contributed by atoms with Crippen LogP contribution in [-0.2, 0) is 6.61 Å². The molecule has 0 aliphatic rings. The van der Waals surface area contributed by atoms with Crippen LogP contribution in [0.4, 0.5) is 14.5 Å². The zero-order valence-corrected chi connectivity index (χ0v) is 16.2. The van der Waals surface area contributed by atoms with E-state index in [4.69, 9.17) is 9.47 Å². The molecule has 0 atom stereocenters. The predicted octanol–water partition coefficient (Wildman–Crippen LogP) is 5.50. The van der Waals surface area contributed by atoms with Crippen LogP contribution < -0.4 is 14.8 Å². The summed E-state index contributed by atoms with van der Waals surface area (Å²) in [6, 6.07) is 15.5. The molecule has 3 aromatic carbocycles. The van der Waals surface area contributed by atoms with Gasteiger partial charge in [-0.25, -0.2) is 8.78 Å². The van der Waals surface area contributed by atoms with Crippen molar-refractivity contribution in [2.24, 2.45) is 0 Å². The van der Waals surface area contributed by atoms with Gasteiger partial charge < -0.3 is 14.8 Å². The summed E-state index contributed by atoms with van der Waals surface area (Å²) in [7, 11) is 0. The SMILES string of the molecule is CCOc1ccc(C(=O)Nc2ccc(F)cc2F)cc1COc1ccccc1C. The number of anilines is 1. The van der Waals surface area contributed by atoms with Crippen molar-refractivity contribution in [2.75, 3.05) is 11.9 Å². The zero-order valence-electron chi connectivity index (χ0n) is 16.2. The van der Waals surface area contributed by atoms with E-state index in [9.17, 15) is 13.6 Å². The van der Waals surface area contributed by atoms with Crippen LogP contribution in [0.15, 0.2) is 60.7 Å². The Morgan fingerprint density at radius 2 is 1.76 bits per heavy atom. The number of hydrogen-bond acceptors (Lipinski definition) is 3. The van der Waals surface area contributed by atoms with Gasteiger partial charge in [0.2, 0.25) is 0 Å². The number of nitrogens with one attached hydrogen (secondary N) is 1. The second-order valence-corrected chi connectivity index (χ2v) is 6.39.